The Morgan fingerprint density at radius 2 is 1.92 bits per heavy atom. The fraction of sp³-hybridized carbons (Fsp3) is 0.235. The molecule has 1 N–H and O–H groups in total. The van der Waals surface area contributed by atoms with E-state index in [1.807, 2.05) is 36.5 Å². The monoisotopic (exact) mass is 385 g/mol. The molecule has 6 nitrogen and oxygen atoms in total. The molecule has 0 amide bonds. The largest absolute Gasteiger partial charge is 0.378 e. The second-order valence-electron chi connectivity index (χ2n) is 5.53. The molecule has 1 saturated heterocycles. The van der Waals surface area contributed by atoms with Crippen molar-refractivity contribution in [1.82, 2.24) is 15.0 Å². The van der Waals surface area contributed by atoms with Gasteiger partial charge in [-0.1, -0.05) is 15.9 Å². The number of aromatic nitrogens is 3. The van der Waals surface area contributed by atoms with Crippen LogP contribution < -0.4 is 10.2 Å². The molecule has 1 aromatic carbocycles. The van der Waals surface area contributed by atoms with Crippen molar-refractivity contribution >= 4 is 44.3 Å². The summed E-state index contributed by atoms with van der Waals surface area (Å²) in [7, 11) is 0. The molecule has 122 valence electrons. The van der Waals surface area contributed by atoms with Gasteiger partial charge < -0.3 is 15.0 Å². The molecule has 0 radical (unpaired) electrons. The SMILES string of the molecule is Brc1ccc2nc(Nc3ccc(N4CCOCC4)nc3)ncc2c1. The van der Waals surface area contributed by atoms with Gasteiger partial charge in [0.05, 0.1) is 30.6 Å². The molecule has 7 heteroatoms. The average Bonchev–Trinajstić information content (AvgIpc) is 2.63. The van der Waals surface area contributed by atoms with Gasteiger partial charge in [0.1, 0.15) is 5.82 Å². The normalized spacial score (nSPS) is 14.8. The van der Waals surface area contributed by atoms with E-state index in [1.165, 1.54) is 0 Å². The van der Waals surface area contributed by atoms with Crippen molar-refractivity contribution in [2.24, 2.45) is 0 Å². The fourth-order valence-electron chi connectivity index (χ4n) is 2.63. The Hall–Kier alpha value is -2.25. The van der Waals surface area contributed by atoms with Crippen LogP contribution >= 0.6 is 15.9 Å². The first-order valence-corrected chi connectivity index (χ1v) is 8.55. The summed E-state index contributed by atoms with van der Waals surface area (Å²) in [5.41, 5.74) is 1.76. The Morgan fingerprint density at radius 1 is 1.04 bits per heavy atom. The molecule has 1 aliphatic heterocycles. The van der Waals surface area contributed by atoms with Crippen molar-refractivity contribution in [2.45, 2.75) is 0 Å². The van der Waals surface area contributed by atoms with Crippen LogP contribution in [-0.4, -0.2) is 41.3 Å². The van der Waals surface area contributed by atoms with Crippen molar-refractivity contribution in [1.29, 1.82) is 0 Å². The maximum atomic E-state index is 5.37. The summed E-state index contributed by atoms with van der Waals surface area (Å²) in [6.45, 7) is 3.26. The van der Waals surface area contributed by atoms with E-state index < -0.39 is 0 Å². The standard InChI is InChI=1S/C17H16BrN5O/c18-13-1-3-15-12(9-13)10-20-17(22-15)21-14-2-4-16(19-11-14)23-5-7-24-8-6-23/h1-4,9-11H,5-8H2,(H,20,21,22). The second kappa shape index (κ2) is 6.70. The first-order chi connectivity index (χ1) is 11.8. The summed E-state index contributed by atoms with van der Waals surface area (Å²) in [4.78, 5) is 15.6. The van der Waals surface area contributed by atoms with Gasteiger partial charge in [0, 0.05) is 29.1 Å². The molecule has 0 saturated carbocycles. The molecule has 1 fully saturated rings. The van der Waals surface area contributed by atoms with Crippen molar-refractivity contribution < 1.29 is 4.74 Å². The van der Waals surface area contributed by atoms with Crippen LogP contribution in [0.5, 0.6) is 0 Å². The number of morpholine rings is 1. The first kappa shape index (κ1) is 15.3. The predicted molar refractivity (Wildman–Crippen MR) is 97.8 cm³/mol. The topological polar surface area (TPSA) is 63.2 Å². The number of pyridine rings is 1. The third-order valence-electron chi connectivity index (χ3n) is 3.88. The summed E-state index contributed by atoms with van der Waals surface area (Å²) >= 11 is 3.45. The molecular formula is C17H16BrN5O. The molecule has 24 heavy (non-hydrogen) atoms. The first-order valence-electron chi connectivity index (χ1n) is 7.76. The Bertz CT molecular complexity index is 849. The molecule has 3 heterocycles. The van der Waals surface area contributed by atoms with Gasteiger partial charge in [-0.15, -0.1) is 0 Å². The van der Waals surface area contributed by atoms with Crippen LogP contribution in [0.3, 0.4) is 0 Å². The lowest BCUT2D eigenvalue weighted by Crippen LogP contribution is -2.36. The van der Waals surface area contributed by atoms with Gasteiger partial charge >= 0.3 is 0 Å². The number of hydrogen-bond acceptors (Lipinski definition) is 6. The fourth-order valence-corrected chi connectivity index (χ4v) is 3.01. The summed E-state index contributed by atoms with van der Waals surface area (Å²) in [5, 5.41) is 4.20. The number of nitrogens with zero attached hydrogens (tertiary/aromatic N) is 4. The highest BCUT2D eigenvalue weighted by Crippen LogP contribution is 2.21. The van der Waals surface area contributed by atoms with E-state index >= 15 is 0 Å². The lowest BCUT2D eigenvalue weighted by Gasteiger charge is -2.27. The van der Waals surface area contributed by atoms with Crippen LogP contribution in [0.15, 0.2) is 47.2 Å². The smallest absolute Gasteiger partial charge is 0.227 e. The van der Waals surface area contributed by atoms with Crippen LogP contribution in [0.1, 0.15) is 0 Å². The van der Waals surface area contributed by atoms with E-state index in [0.717, 1.165) is 53.2 Å². The van der Waals surface area contributed by atoms with Crippen molar-refractivity contribution in [3.05, 3.63) is 47.2 Å². The zero-order valence-electron chi connectivity index (χ0n) is 12.9. The summed E-state index contributed by atoms with van der Waals surface area (Å²) in [5.74, 6) is 1.53. The van der Waals surface area contributed by atoms with Crippen molar-refractivity contribution in [3.63, 3.8) is 0 Å². The van der Waals surface area contributed by atoms with Gasteiger partial charge in [0.25, 0.3) is 0 Å². The maximum absolute atomic E-state index is 5.37. The zero-order chi connectivity index (χ0) is 16.4. The van der Waals surface area contributed by atoms with Crippen LogP contribution in [0.2, 0.25) is 0 Å². The third-order valence-corrected chi connectivity index (χ3v) is 4.37. The molecular weight excluding hydrogens is 370 g/mol. The van der Waals surface area contributed by atoms with Crippen LogP contribution in [0, 0.1) is 0 Å². The van der Waals surface area contributed by atoms with E-state index in [-0.39, 0.29) is 0 Å². The Morgan fingerprint density at radius 3 is 2.71 bits per heavy atom. The highest BCUT2D eigenvalue weighted by atomic mass is 79.9. The minimum Gasteiger partial charge on any atom is -0.378 e. The Kier molecular flexibility index (Phi) is 4.27. The zero-order valence-corrected chi connectivity index (χ0v) is 14.5. The molecule has 2 aromatic heterocycles. The Balaban J connectivity index is 1.51. The highest BCUT2D eigenvalue weighted by Gasteiger charge is 2.12. The van der Waals surface area contributed by atoms with Gasteiger partial charge in [0.2, 0.25) is 5.95 Å². The number of hydrogen-bond donors (Lipinski definition) is 1. The minimum atomic E-state index is 0.561. The van der Waals surface area contributed by atoms with E-state index in [4.69, 9.17) is 4.74 Å². The molecule has 0 unspecified atom stereocenters. The van der Waals surface area contributed by atoms with Crippen LogP contribution in [0.4, 0.5) is 17.5 Å². The number of nitrogens with one attached hydrogen (secondary N) is 1. The van der Waals surface area contributed by atoms with Crippen LogP contribution in [0.25, 0.3) is 10.9 Å². The minimum absolute atomic E-state index is 0.561. The predicted octanol–water partition coefficient (Wildman–Crippen LogP) is 3.37. The second-order valence-corrected chi connectivity index (χ2v) is 6.44. The summed E-state index contributed by atoms with van der Waals surface area (Å²) in [6.07, 6.45) is 3.62. The van der Waals surface area contributed by atoms with Gasteiger partial charge in [-0.25, -0.2) is 15.0 Å². The van der Waals surface area contributed by atoms with E-state index in [2.05, 4.69) is 41.1 Å². The number of anilines is 3. The Labute approximate surface area is 148 Å². The third kappa shape index (κ3) is 3.32. The number of ether oxygens (including phenoxy) is 1. The molecule has 0 atom stereocenters. The van der Waals surface area contributed by atoms with Crippen LogP contribution in [-0.2, 0) is 4.74 Å². The maximum Gasteiger partial charge on any atom is 0.227 e. The molecule has 0 bridgehead atoms. The molecule has 1 aliphatic rings. The van der Waals surface area contributed by atoms with Crippen molar-refractivity contribution in [2.75, 3.05) is 36.5 Å². The lowest BCUT2D eigenvalue weighted by molar-refractivity contribution is 0.122. The van der Waals surface area contributed by atoms with Gasteiger partial charge in [0.15, 0.2) is 0 Å². The number of rotatable bonds is 3. The lowest BCUT2D eigenvalue weighted by atomic mass is 10.2. The summed E-state index contributed by atoms with van der Waals surface area (Å²) < 4.78 is 6.38. The molecule has 3 aromatic rings. The van der Waals surface area contributed by atoms with Gasteiger partial charge in [-0.2, -0.15) is 0 Å². The van der Waals surface area contributed by atoms with Gasteiger partial charge in [-0.3, -0.25) is 0 Å². The average molecular weight is 386 g/mol. The van der Waals surface area contributed by atoms with E-state index in [1.54, 1.807) is 6.20 Å². The number of halogens is 1. The molecule has 4 rings (SSSR count). The van der Waals surface area contributed by atoms with Crippen molar-refractivity contribution in [3.8, 4) is 0 Å². The molecule has 0 spiro atoms. The number of fused-ring (bicyclic) bond motifs is 1. The quantitative estimate of drug-likeness (QED) is 0.745. The van der Waals surface area contributed by atoms with Gasteiger partial charge in [-0.05, 0) is 30.3 Å². The number of benzene rings is 1. The summed E-state index contributed by atoms with van der Waals surface area (Å²) in [6, 6.07) is 9.93. The van der Waals surface area contributed by atoms with E-state index in [0.29, 0.717) is 5.95 Å². The highest BCUT2D eigenvalue weighted by molar-refractivity contribution is 9.10. The molecule has 0 aliphatic carbocycles. The van der Waals surface area contributed by atoms with E-state index in [9.17, 15) is 0 Å².